The molecule has 1 unspecified atom stereocenters. The molecule has 0 radical (unpaired) electrons. The third-order valence-electron chi connectivity index (χ3n) is 2.65. The molecule has 19 heavy (non-hydrogen) atoms. The lowest BCUT2D eigenvalue weighted by molar-refractivity contribution is -0.0498. The Morgan fingerprint density at radius 1 is 1.26 bits per heavy atom. The molecule has 1 aromatic heterocycles. The van der Waals surface area contributed by atoms with Crippen molar-refractivity contribution in [2.75, 3.05) is 0 Å². The molecule has 0 fully saturated rings. The number of ether oxygens (including phenoxy) is 1. The lowest BCUT2D eigenvalue weighted by Crippen LogP contribution is -2.10. The topological polar surface area (TPSA) is 35.2 Å². The summed E-state index contributed by atoms with van der Waals surface area (Å²) in [5.74, 6) is 0.134. The average molecular weight is 348 g/mol. The number of nitrogens with two attached hydrogens (primary N) is 1. The smallest absolute Gasteiger partial charge is 0.387 e. The van der Waals surface area contributed by atoms with Gasteiger partial charge < -0.3 is 10.5 Å². The zero-order valence-electron chi connectivity index (χ0n) is 10.1. The van der Waals surface area contributed by atoms with Gasteiger partial charge in [-0.25, -0.2) is 0 Å². The van der Waals surface area contributed by atoms with Gasteiger partial charge in [-0.15, -0.1) is 11.3 Å². The Morgan fingerprint density at radius 2 is 1.89 bits per heavy atom. The van der Waals surface area contributed by atoms with Crippen LogP contribution in [-0.2, 0) is 0 Å². The minimum atomic E-state index is -2.81. The second-order valence-electron chi connectivity index (χ2n) is 3.98. The quantitative estimate of drug-likeness (QED) is 0.885. The van der Waals surface area contributed by atoms with Crippen LogP contribution in [0.2, 0.25) is 0 Å². The van der Waals surface area contributed by atoms with E-state index in [4.69, 9.17) is 5.73 Å². The summed E-state index contributed by atoms with van der Waals surface area (Å²) in [5.41, 5.74) is 7.01. The first-order chi connectivity index (χ1) is 8.97. The number of rotatable bonds is 4. The summed E-state index contributed by atoms with van der Waals surface area (Å²) in [6.07, 6.45) is 0. The molecule has 1 heterocycles. The summed E-state index contributed by atoms with van der Waals surface area (Å²) in [7, 11) is 0. The summed E-state index contributed by atoms with van der Waals surface area (Å²) in [6.45, 7) is -0.805. The van der Waals surface area contributed by atoms with Crippen molar-refractivity contribution >= 4 is 27.3 Å². The van der Waals surface area contributed by atoms with Crippen LogP contribution in [0.25, 0.3) is 0 Å². The molecule has 2 nitrogen and oxygen atoms in total. The van der Waals surface area contributed by atoms with Crippen LogP contribution in [0.3, 0.4) is 0 Å². The van der Waals surface area contributed by atoms with Gasteiger partial charge in [-0.3, -0.25) is 0 Å². The molecule has 0 bridgehead atoms. The van der Waals surface area contributed by atoms with E-state index in [0.717, 1.165) is 19.8 Å². The van der Waals surface area contributed by atoms with E-state index in [1.54, 1.807) is 23.5 Å². The van der Waals surface area contributed by atoms with E-state index in [2.05, 4.69) is 20.7 Å². The molecule has 0 saturated carbocycles. The van der Waals surface area contributed by atoms with Gasteiger partial charge in [-0.1, -0.05) is 12.1 Å². The van der Waals surface area contributed by atoms with Crippen molar-refractivity contribution in [1.29, 1.82) is 0 Å². The fraction of sp³-hybridized carbons (Fsp3) is 0.231. The van der Waals surface area contributed by atoms with E-state index in [-0.39, 0.29) is 11.8 Å². The van der Waals surface area contributed by atoms with Crippen LogP contribution in [0.1, 0.15) is 21.4 Å². The van der Waals surface area contributed by atoms with Gasteiger partial charge in [-0.05, 0) is 46.6 Å². The van der Waals surface area contributed by atoms with Crippen molar-refractivity contribution in [2.45, 2.75) is 19.6 Å². The predicted octanol–water partition coefficient (Wildman–Crippen LogP) is 4.47. The molecule has 6 heteroatoms. The van der Waals surface area contributed by atoms with Crippen LogP contribution in [0.5, 0.6) is 5.75 Å². The number of aryl methyl sites for hydroxylation is 1. The number of thiophene rings is 1. The van der Waals surface area contributed by atoms with Gasteiger partial charge in [0.15, 0.2) is 0 Å². The molecule has 2 aromatic rings. The molecule has 102 valence electrons. The molecule has 0 aliphatic carbocycles. The monoisotopic (exact) mass is 347 g/mol. The summed E-state index contributed by atoms with van der Waals surface area (Å²) in [5, 5.41) is 0. The standard InChI is InChI=1S/C13H12BrF2NOS/c1-7-10(14)6-11(19-7)12(17)8-2-4-9(5-3-8)18-13(15)16/h2-6,12-13H,17H2,1H3. The highest BCUT2D eigenvalue weighted by molar-refractivity contribution is 9.10. The van der Waals surface area contributed by atoms with Gasteiger partial charge in [0.1, 0.15) is 5.75 Å². The minimum Gasteiger partial charge on any atom is -0.435 e. The van der Waals surface area contributed by atoms with Gasteiger partial charge in [-0.2, -0.15) is 8.78 Å². The molecule has 0 saturated heterocycles. The number of hydrogen-bond donors (Lipinski definition) is 1. The van der Waals surface area contributed by atoms with Crippen LogP contribution in [0, 0.1) is 6.92 Å². The maximum Gasteiger partial charge on any atom is 0.387 e. The van der Waals surface area contributed by atoms with Crippen molar-refractivity contribution in [3.05, 3.63) is 50.1 Å². The Labute approximate surface area is 122 Å². The molecule has 0 amide bonds. The van der Waals surface area contributed by atoms with Crippen molar-refractivity contribution in [1.82, 2.24) is 0 Å². The van der Waals surface area contributed by atoms with Crippen molar-refractivity contribution in [3.8, 4) is 5.75 Å². The van der Waals surface area contributed by atoms with Gasteiger partial charge in [0, 0.05) is 14.2 Å². The van der Waals surface area contributed by atoms with E-state index >= 15 is 0 Å². The third-order valence-corrected chi connectivity index (χ3v) is 4.87. The number of halogens is 3. The largest absolute Gasteiger partial charge is 0.435 e. The lowest BCUT2D eigenvalue weighted by Gasteiger charge is -2.11. The second kappa shape index (κ2) is 5.98. The predicted molar refractivity (Wildman–Crippen MR) is 75.9 cm³/mol. The fourth-order valence-corrected chi connectivity index (χ4v) is 3.25. The van der Waals surface area contributed by atoms with E-state index in [1.807, 2.05) is 13.0 Å². The van der Waals surface area contributed by atoms with E-state index in [0.29, 0.717) is 0 Å². The Hall–Kier alpha value is -0.980. The van der Waals surface area contributed by atoms with Gasteiger partial charge in [0.25, 0.3) is 0 Å². The Morgan fingerprint density at radius 3 is 2.37 bits per heavy atom. The van der Waals surface area contributed by atoms with E-state index < -0.39 is 6.61 Å². The highest BCUT2D eigenvalue weighted by atomic mass is 79.9. The van der Waals surface area contributed by atoms with Crippen LogP contribution in [0.15, 0.2) is 34.8 Å². The first kappa shape index (κ1) is 14.4. The Kier molecular flexibility index (Phi) is 4.54. The molecular formula is C13H12BrF2NOS. The molecule has 2 N–H and O–H groups in total. The van der Waals surface area contributed by atoms with E-state index in [1.165, 1.54) is 12.1 Å². The van der Waals surface area contributed by atoms with Crippen molar-refractivity contribution < 1.29 is 13.5 Å². The van der Waals surface area contributed by atoms with E-state index in [9.17, 15) is 8.78 Å². The van der Waals surface area contributed by atoms with Crippen LogP contribution >= 0.6 is 27.3 Å². The molecular weight excluding hydrogens is 336 g/mol. The Balaban J connectivity index is 2.17. The average Bonchev–Trinajstić information content (AvgIpc) is 2.69. The van der Waals surface area contributed by atoms with Crippen LogP contribution < -0.4 is 10.5 Å². The first-order valence-electron chi connectivity index (χ1n) is 5.53. The fourth-order valence-electron chi connectivity index (χ4n) is 1.66. The number of hydrogen-bond acceptors (Lipinski definition) is 3. The molecule has 0 aliphatic heterocycles. The van der Waals surface area contributed by atoms with Gasteiger partial charge in [0.05, 0.1) is 6.04 Å². The van der Waals surface area contributed by atoms with Crippen molar-refractivity contribution in [2.24, 2.45) is 5.73 Å². The molecule has 0 spiro atoms. The maximum atomic E-state index is 12.0. The normalized spacial score (nSPS) is 12.7. The highest BCUT2D eigenvalue weighted by Gasteiger charge is 2.13. The molecule has 1 aromatic carbocycles. The summed E-state index contributed by atoms with van der Waals surface area (Å²) < 4.78 is 29.4. The molecule has 0 aliphatic rings. The minimum absolute atomic E-state index is 0.134. The second-order valence-corrected chi connectivity index (χ2v) is 6.12. The Bertz CT molecular complexity index is 537. The first-order valence-corrected chi connectivity index (χ1v) is 7.14. The summed E-state index contributed by atoms with van der Waals surface area (Å²) in [6, 6.07) is 8.11. The molecule has 1 atom stereocenters. The zero-order chi connectivity index (χ0) is 14.0. The summed E-state index contributed by atoms with van der Waals surface area (Å²) in [4.78, 5) is 2.18. The highest BCUT2D eigenvalue weighted by Crippen LogP contribution is 2.32. The van der Waals surface area contributed by atoms with Crippen LogP contribution in [0.4, 0.5) is 8.78 Å². The third kappa shape index (κ3) is 3.52. The maximum absolute atomic E-state index is 12.0. The summed E-state index contributed by atoms with van der Waals surface area (Å²) >= 11 is 5.06. The lowest BCUT2D eigenvalue weighted by atomic mass is 10.1. The SMILES string of the molecule is Cc1sc(C(N)c2ccc(OC(F)F)cc2)cc1Br. The number of benzene rings is 1. The van der Waals surface area contributed by atoms with Gasteiger partial charge >= 0.3 is 6.61 Å². The van der Waals surface area contributed by atoms with Crippen molar-refractivity contribution in [3.63, 3.8) is 0 Å². The zero-order valence-corrected chi connectivity index (χ0v) is 12.5. The van der Waals surface area contributed by atoms with Crippen LogP contribution in [-0.4, -0.2) is 6.61 Å². The molecule has 2 rings (SSSR count). The van der Waals surface area contributed by atoms with Gasteiger partial charge in [0.2, 0.25) is 0 Å². The number of alkyl halides is 2.